The first-order valence-electron chi connectivity index (χ1n) is 5.92. The van der Waals surface area contributed by atoms with Crippen LogP contribution < -0.4 is 5.32 Å². The number of nitrogens with one attached hydrogen (secondary N) is 1. The number of nitrogens with zero attached hydrogens (tertiary/aromatic N) is 5. The third-order valence-corrected chi connectivity index (χ3v) is 3.25. The van der Waals surface area contributed by atoms with E-state index in [9.17, 15) is 0 Å². The van der Waals surface area contributed by atoms with Crippen LogP contribution in [0.25, 0.3) is 5.65 Å². The third-order valence-electron chi connectivity index (χ3n) is 2.87. The van der Waals surface area contributed by atoms with Crippen LogP contribution in [0, 0.1) is 22.7 Å². The summed E-state index contributed by atoms with van der Waals surface area (Å²) in [7, 11) is 0. The van der Waals surface area contributed by atoms with E-state index >= 15 is 0 Å². The molecule has 0 atom stereocenters. The summed E-state index contributed by atoms with van der Waals surface area (Å²) in [6, 6.07) is 8.92. The maximum atomic E-state index is 9.05. The molecule has 1 N–H and O–H groups in total. The number of hydrogen-bond donors (Lipinski definition) is 1. The van der Waals surface area contributed by atoms with Gasteiger partial charge in [0.1, 0.15) is 16.7 Å². The van der Waals surface area contributed by atoms with Crippen molar-refractivity contribution >= 4 is 33.1 Å². The molecule has 0 aliphatic rings. The van der Waals surface area contributed by atoms with Crippen molar-refractivity contribution < 1.29 is 0 Å². The van der Waals surface area contributed by atoms with E-state index in [0.717, 1.165) is 0 Å². The van der Waals surface area contributed by atoms with Gasteiger partial charge in [-0.2, -0.15) is 10.5 Å². The fourth-order valence-electron chi connectivity index (χ4n) is 1.93. The molecule has 21 heavy (non-hydrogen) atoms. The highest BCUT2D eigenvalue weighted by Gasteiger charge is 2.08. The van der Waals surface area contributed by atoms with E-state index in [0.29, 0.717) is 32.9 Å². The van der Waals surface area contributed by atoms with Crippen LogP contribution in [0.2, 0.25) is 0 Å². The van der Waals surface area contributed by atoms with Crippen LogP contribution in [0.1, 0.15) is 11.1 Å². The van der Waals surface area contributed by atoms with E-state index in [1.807, 2.05) is 22.7 Å². The van der Waals surface area contributed by atoms with E-state index < -0.39 is 0 Å². The lowest BCUT2D eigenvalue weighted by atomic mass is 10.1. The normalized spacial score (nSPS) is 10.0. The van der Waals surface area contributed by atoms with Crippen molar-refractivity contribution in [3.05, 3.63) is 52.5 Å². The molecule has 0 bridgehead atoms. The molecule has 2 aromatic heterocycles. The number of fused-ring (bicyclic) bond motifs is 1. The SMILES string of the molecule is N#Cc1ccc(Nc2nc(Br)cn3ccnc23)cc1C#N. The van der Waals surface area contributed by atoms with Crippen LogP contribution in [-0.2, 0) is 0 Å². The molecule has 0 saturated carbocycles. The summed E-state index contributed by atoms with van der Waals surface area (Å²) in [6.07, 6.45) is 5.29. The molecule has 1 aromatic carbocycles. The van der Waals surface area contributed by atoms with Gasteiger partial charge in [-0.1, -0.05) is 0 Å². The molecule has 0 saturated heterocycles. The highest BCUT2D eigenvalue weighted by atomic mass is 79.9. The van der Waals surface area contributed by atoms with E-state index in [-0.39, 0.29) is 0 Å². The molecule has 7 heteroatoms. The largest absolute Gasteiger partial charge is 0.337 e. The number of imidazole rings is 1. The first kappa shape index (κ1) is 13.1. The van der Waals surface area contributed by atoms with Crippen molar-refractivity contribution in [1.29, 1.82) is 10.5 Å². The Bertz CT molecular complexity index is 915. The van der Waals surface area contributed by atoms with E-state index in [1.165, 1.54) is 0 Å². The highest BCUT2D eigenvalue weighted by molar-refractivity contribution is 9.10. The predicted octanol–water partition coefficient (Wildman–Crippen LogP) is 2.98. The summed E-state index contributed by atoms with van der Waals surface area (Å²) in [6.45, 7) is 0. The fraction of sp³-hybridized carbons (Fsp3) is 0. The van der Waals surface area contributed by atoms with Gasteiger partial charge in [-0.15, -0.1) is 0 Å². The molecule has 0 aliphatic heterocycles. The average Bonchev–Trinajstić information content (AvgIpc) is 2.95. The lowest BCUT2D eigenvalue weighted by Crippen LogP contribution is -1.99. The number of nitriles is 2. The maximum absolute atomic E-state index is 9.05. The predicted molar refractivity (Wildman–Crippen MR) is 79.8 cm³/mol. The summed E-state index contributed by atoms with van der Waals surface area (Å²) in [5, 5.41) is 21.1. The smallest absolute Gasteiger partial charge is 0.180 e. The molecule has 2 heterocycles. The van der Waals surface area contributed by atoms with E-state index in [4.69, 9.17) is 10.5 Å². The Morgan fingerprint density at radius 2 is 2.00 bits per heavy atom. The Balaban J connectivity index is 2.05. The van der Waals surface area contributed by atoms with Gasteiger partial charge in [-0.3, -0.25) is 0 Å². The standard InChI is InChI=1S/C14H7BrN6/c15-12-8-21-4-3-18-14(21)13(20-12)19-11-2-1-9(6-16)10(5-11)7-17/h1-5,8H,(H,19,20). The van der Waals surface area contributed by atoms with Gasteiger partial charge in [0.05, 0.1) is 11.1 Å². The number of benzene rings is 1. The van der Waals surface area contributed by atoms with Crippen molar-refractivity contribution in [3.8, 4) is 12.1 Å². The van der Waals surface area contributed by atoms with E-state index in [1.54, 1.807) is 30.6 Å². The summed E-state index contributed by atoms with van der Waals surface area (Å²) in [5.41, 5.74) is 2.00. The molecular weight excluding hydrogens is 332 g/mol. The Kier molecular flexibility index (Phi) is 3.27. The van der Waals surface area contributed by atoms with Crippen molar-refractivity contribution in [2.75, 3.05) is 5.32 Å². The molecule has 0 amide bonds. The van der Waals surface area contributed by atoms with Crippen LogP contribution in [0.15, 0.2) is 41.4 Å². The van der Waals surface area contributed by atoms with Crippen LogP contribution in [0.5, 0.6) is 0 Å². The molecule has 3 aromatic rings. The topological polar surface area (TPSA) is 89.8 Å². The van der Waals surface area contributed by atoms with Gasteiger partial charge in [0.25, 0.3) is 0 Å². The first-order valence-corrected chi connectivity index (χ1v) is 6.71. The van der Waals surface area contributed by atoms with Gasteiger partial charge in [0, 0.05) is 24.3 Å². The van der Waals surface area contributed by atoms with Crippen LogP contribution in [-0.4, -0.2) is 14.4 Å². The molecule has 6 nitrogen and oxygen atoms in total. The second-order valence-corrected chi connectivity index (χ2v) is 4.99. The number of aromatic nitrogens is 3. The molecule has 0 spiro atoms. The zero-order valence-corrected chi connectivity index (χ0v) is 12.2. The summed E-state index contributed by atoms with van der Waals surface area (Å²) in [5.74, 6) is 0.558. The average molecular weight is 339 g/mol. The minimum atomic E-state index is 0.317. The molecular formula is C14H7BrN6. The van der Waals surface area contributed by atoms with Crippen LogP contribution in [0.3, 0.4) is 0 Å². The Morgan fingerprint density at radius 1 is 1.19 bits per heavy atom. The van der Waals surface area contributed by atoms with Crippen LogP contribution >= 0.6 is 15.9 Å². The number of rotatable bonds is 2. The summed E-state index contributed by atoms with van der Waals surface area (Å²) >= 11 is 3.34. The van der Waals surface area contributed by atoms with Crippen LogP contribution in [0.4, 0.5) is 11.5 Å². The van der Waals surface area contributed by atoms with Crippen molar-refractivity contribution in [2.24, 2.45) is 0 Å². The Labute approximate surface area is 128 Å². The summed E-state index contributed by atoms with van der Waals surface area (Å²) < 4.78 is 2.48. The Hall–Kier alpha value is -2.90. The van der Waals surface area contributed by atoms with Gasteiger partial charge < -0.3 is 9.72 Å². The highest BCUT2D eigenvalue weighted by Crippen LogP contribution is 2.23. The lowest BCUT2D eigenvalue weighted by Gasteiger charge is -2.08. The number of hydrogen-bond acceptors (Lipinski definition) is 5. The molecule has 0 unspecified atom stereocenters. The quantitative estimate of drug-likeness (QED) is 0.775. The van der Waals surface area contributed by atoms with Crippen molar-refractivity contribution in [2.45, 2.75) is 0 Å². The minimum absolute atomic E-state index is 0.317. The van der Waals surface area contributed by atoms with Crippen molar-refractivity contribution in [1.82, 2.24) is 14.4 Å². The van der Waals surface area contributed by atoms with Gasteiger partial charge in [0.15, 0.2) is 11.5 Å². The van der Waals surface area contributed by atoms with Crippen molar-refractivity contribution in [3.63, 3.8) is 0 Å². The zero-order valence-electron chi connectivity index (χ0n) is 10.6. The van der Waals surface area contributed by atoms with Gasteiger partial charge >= 0.3 is 0 Å². The molecule has 100 valence electrons. The Morgan fingerprint density at radius 3 is 2.76 bits per heavy atom. The minimum Gasteiger partial charge on any atom is -0.337 e. The fourth-order valence-corrected chi connectivity index (χ4v) is 2.33. The summed E-state index contributed by atoms with van der Waals surface area (Å²) in [4.78, 5) is 8.57. The zero-order chi connectivity index (χ0) is 14.8. The van der Waals surface area contributed by atoms with Gasteiger partial charge in [-0.05, 0) is 34.1 Å². The first-order chi connectivity index (χ1) is 10.2. The number of anilines is 2. The second-order valence-electron chi connectivity index (χ2n) is 4.18. The monoisotopic (exact) mass is 338 g/mol. The molecule has 0 radical (unpaired) electrons. The molecule has 0 aliphatic carbocycles. The molecule has 3 rings (SSSR count). The van der Waals surface area contributed by atoms with Gasteiger partial charge in [0.2, 0.25) is 0 Å². The lowest BCUT2D eigenvalue weighted by molar-refractivity contribution is 1.10. The maximum Gasteiger partial charge on any atom is 0.180 e. The molecule has 0 fully saturated rings. The second kappa shape index (κ2) is 5.23. The van der Waals surface area contributed by atoms with Gasteiger partial charge in [-0.25, -0.2) is 9.97 Å². The number of halogens is 1. The van der Waals surface area contributed by atoms with E-state index in [2.05, 4.69) is 31.2 Å². The third kappa shape index (κ3) is 2.42.